The molecular formula is C16H18N4O2S. The van der Waals surface area contributed by atoms with E-state index in [0.29, 0.717) is 11.1 Å². The first-order chi connectivity index (χ1) is 11.1. The van der Waals surface area contributed by atoms with Crippen molar-refractivity contribution >= 4 is 23.5 Å². The quantitative estimate of drug-likeness (QED) is 0.620. The summed E-state index contributed by atoms with van der Waals surface area (Å²) in [6, 6.07) is 9.87. The number of primary amides is 1. The Hall–Kier alpha value is -2.15. The SMILES string of the molecule is CC(Sc1nnc(C2CC2)n1-c1ccccc1)C(=O)CC(N)=O. The van der Waals surface area contributed by atoms with Gasteiger partial charge < -0.3 is 5.73 Å². The van der Waals surface area contributed by atoms with Crippen LogP contribution in [0.4, 0.5) is 0 Å². The molecule has 23 heavy (non-hydrogen) atoms. The second-order valence-corrected chi connectivity index (χ2v) is 6.96. The molecule has 0 radical (unpaired) electrons. The predicted octanol–water partition coefficient (Wildman–Crippen LogP) is 2.07. The number of para-hydroxylation sites is 1. The Balaban J connectivity index is 1.88. The van der Waals surface area contributed by atoms with Gasteiger partial charge >= 0.3 is 0 Å². The summed E-state index contributed by atoms with van der Waals surface area (Å²) in [6.45, 7) is 1.76. The Morgan fingerprint density at radius 3 is 2.61 bits per heavy atom. The Labute approximate surface area is 138 Å². The van der Waals surface area contributed by atoms with Crippen molar-refractivity contribution < 1.29 is 9.59 Å². The minimum atomic E-state index is -0.606. The van der Waals surface area contributed by atoms with Crippen LogP contribution in [-0.4, -0.2) is 31.7 Å². The predicted molar refractivity (Wildman–Crippen MR) is 87.5 cm³/mol. The minimum Gasteiger partial charge on any atom is -0.369 e. The first-order valence-corrected chi connectivity index (χ1v) is 8.42. The summed E-state index contributed by atoms with van der Waals surface area (Å²) in [4.78, 5) is 22.9. The molecule has 2 N–H and O–H groups in total. The topological polar surface area (TPSA) is 90.9 Å². The first-order valence-electron chi connectivity index (χ1n) is 7.54. The smallest absolute Gasteiger partial charge is 0.224 e. The van der Waals surface area contributed by atoms with Crippen molar-refractivity contribution in [1.29, 1.82) is 0 Å². The van der Waals surface area contributed by atoms with Gasteiger partial charge in [-0.05, 0) is 31.9 Å². The maximum atomic E-state index is 12.0. The molecule has 1 atom stereocenters. The lowest BCUT2D eigenvalue weighted by Gasteiger charge is -2.12. The molecule has 0 aliphatic heterocycles. The summed E-state index contributed by atoms with van der Waals surface area (Å²) in [6.07, 6.45) is 1.99. The van der Waals surface area contributed by atoms with Gasteiger partial charge in [0.1, 0.15) is 5.82 Å². The van der Waals surface area contributed by atoms with E-state index in [1.165, 1.54) is 11.8 Å². The van der Waals surface area contributed by atoms with Gasteiger partial charge in [0.2, 0.25) is 5.91 Å². The maximum absolute atomic E-state index is 12.0. The number of benzene rings is 1. The van der Waals surface area contributed by atoms with Gasteiger partial charge in [0.25, 0.3) is 0 Å². The molecule has 1 aliphatic rings. The van der Waals surface area contributed by atoms with Gasteiger partial charge in [-0.15, -0.1) is 10.2 Å². The number of thioether (sulfide) groups is 1. The van der Waals surface area contributed by atoms with Crippen LogP contribution < -0.4 is 5.73 Å². The van der Waals surface area contributed by atoms with Gasteiger partial charge in [0.05, 0.1) is 11.7 Å². The van der Waals surface area contributed by atoms with E-state index in [-0.39, 0.29) is 12.2 Å². The zero-order valence-electron chi connectivity index (χ0n) is 12.8. The molecule has 3 rings (SSSR count). The molecular weight excluding hydrogens is 312 g/mol. The fourth-order valence-corrected chi connectivity index (χ4v) is 3.25. The molecule has 2 aromatic rings. The molecule has 0 bridgehead atoms. The number of amides is 1. The van der Waals surface area contributed by atoms with Crippen LogP contribution in [0.1, 0.15) is 37.9 Å². The van der Waals surface area contributed by atoms with Gasteiger partial charge in [-0.2, -0.15) is 0 Å². The Morgan fingerprint density at radius 2 is 2.00 bits per heavy atom. The second kappa shape index (κ2) is 6.54. The molecule has 1 aromatic carbocycles. The summed E-state index contributed by atoms with van der Waals surface area (Å²) in [5, 5.41) is 8.85. The highest BCUT2D eigenvalue weighted by atomic mass is 32.2. The lowest BCUT2D eigenvalue weighted by atomic mass is 10.2. The van der Waals surface area contributed by atoms with Crippen molar-refractivity contribution in [2.45, 2.75) is 42.5 Å². The van der Waals surface area contributed by atoms with Crippen molar-refractivity contribution in [2.24, 2.45) is 5.73 Å². The fraction of sp³-hybridized carbons (Fsp3) is 0.375. The van der Waals surface area contributed by atoms with Crippen LogP contribution in [-0.2, 0) is 9.59 Å². The van der Waals surface area contributed by atoms with E-state index in [1.807, 2.05) is 34.9 Å². The molecule has 1 aliphatic carbocycles. The van der Waals surface area contributed by atoms with Gasteiger partial charge in [-0.25, -0.2) is 0 Å². The molecule has 0 saturated heterocycles. The number of ketones is 1. The zero-order chi connectivity index (χ0) is 16.4. The average molecular weight is 330 g/mol. The van der Waals surface area contributed by atoms with Crippen molar-refractivity contribution in [2.75, 3.05) is 0 Å². The number of aromatic nitrogens is 3. The van der Waals surface area contributed by atoms with E-state index in [9.17, 15) is 9.59 Å². The minimum absolute atomic E-state index is 0.196. The highest BCUT2D eigenvalue weighted by Gasteiger charge is 2.31. The number of carbonyl (C=O) groups is 2. The summed E-state index contributed by atoms with van der Waals surface area (Å²) < 4.78 is 2.01. The van der Waals surface area contributed by atoms with Gasteiger partial charge in [-0.3, -0.25) is 14.2 Å². The maximum Gasteiger partial charge on any atom is 0.224 e. The van der Waals surface area contributed by atoms with Crippen LogP contribution in [0.2, 0.25) is 0 Å². The fourth-order valence-electron chi connectivity index (χ4n) is 2.32. The van der Waals surface area contributed by atoms with Crippen molar-refractivity contribution in [3.63, 3.8) is 0 Å². The van der Waals surface area contributed by atoms with Crippen LogP contribution in [0.25, 0.3) is 5.69 Å². The summed E-state index contributed by atoms with van der Waals surface area (Å²) in [7, 11) is 0. The number of nitrogens with two attached hydrogens (primary N) is 1. The van der Waals surface area contributed by atoms with Gasteiger partial charge in [0, 0.05) is 11.6 Å². The van der Waals surface area contributed by atoms with E-state index in [1.54, 1.807) is 6.92 Å². The molecule has 1 aromatic heterocycles. The molecule has 1 unspecified atom stereocenters. The molecule has 1 heterocycles. The van der Waals surface area contributed by atoms with E-state index in [4.69, 9.17) is 5.73 Å². The van der Waals surface area contributed by atoms with Gasteiger partial charge in [0.15, 0.2) is 10.9 Å². The van der Waals surface area contributed by atoms with Crippen LogP contribution in [0, 0.1) is 0 Å². The third-order valence-electron chi connectivity index (χ3n) is 3.70. The molecule has 1 saturated carbocycles. The van der Waals surface area contributed by atoms with E-state index in [0.717, 1.165) is 24.4 Å². The Kier molecular flexibility index (Phi) is 4.47. The normalized spacial score (nSPS) is 15.3. The summed E-state index contributed by atoms with van der Waals surface area (Å²) in [5.41, 5.74) is 6.08. The zero-order valence-corrected chi connectivity index (χ0v) is 13.6. The lowest BCUT2D eigenvalue weighted by Crippen LogP contribution is -2.22. The van der Waals surface area contributed by atoms with E-state index >= 15 is 0 Å². The highest BCUT2D eigenvalue weighted by Crippen LogP contribution is 2.41. The summed E-state index contributed by atoms with van der Waals surface area (Å²) >= 11 is 1.31. The van der Waals surface area contributed by atoms with Gasteiger partial charge in [-0.1, -0.05) is 30.0 Å². The lowest BCUT2D eigenvalue weighted by molar-refractivity contribution is -0.125. The average Bonchev–Trinajstić information content (AvgIpc) is 3.28. The Bertz CT molecular complexity index is 725. The molecule has 1 amide bonds. The van der Waals surface area contributed by atoms with Crippen LogP contribution in [0.3, 0.4) is 0 Å². The first kappa shape index (κ1) is 15.7. The van der Waals surface area contributed by atoms with Crippen LogP contribution in [0.15, 0.2) is 35.5 Å². The number of Topliss-reactive ketones (excluding diaryl/α,β-unsaturated/α-hetero) is 1. The summed E-state index contributed by atoms with van der Waals surface area (Å²) in [5.74, 6) is 0.575. The molecule has 1 fully saturated rings. The standard InChI is InChI=1S/C16H18N4O2S/c1-10(13(21)9-14(17)22)23-16-19-18-15(11-7-8-11)20(16)12-5-3-2-4-6-12/h2-6,10-11H,7-9H2,1H3,(H2,17,22). The van der Waals surface area contributed by atoms with Crippen LogP contribution >= 0.6 is 11.8 Å². The second-order valence-electron chi connectivity index (χ2n) is 5.66. The molecule has 120 valence electrons. The number of carbonyl (C=O) groups excluding carboxylic acids is 2. The van der Waals surface area contributed by atoms with Crippen LogP contribution in [0.5, 0.6) is 0 Å². The molecule has 6 nitrogen and oxygen atoms in total. The number of hydrogen-bond donors (Lipinski definition) is 1. The monoisotopic (exact) mass is 330 g/mol. The third-order valence-corrected chi connectivity index (χ3v) is 4.79. The highest BCUT2D eigenvalue weighted by molar-refractivity contribution is 8.00. The number of nitrogens with zero attached hydrogens (tertiary/aromatic N) is 3. The molecule has 7 heteroatoms. The number of hydrogen-bond acceptors (Lipinski definition) is 5. The van der Waals surface area contributed by atoms with E-state index < -0.39 is 11.2 Å². The third kappa shape index (κ3) is 3.61. The Morgan fingerprint density at radius 1 is 1.30 bits per heavy atom. The van der Waals surface area contributed by atoms with Crippen molar-refractivity contribution in [1.82, 2.24) is 14.8 Å². The largest absolute Gasteiger partial charge is 0.369 e. The van der Waals surface area contributed by atoms with E-state index in [2.05, 4.69) is 10.2 Å². The van der Waals surface area contributed by atoms with Crippen molar-refractivity contribution in [3.8, 4) is 5.69 Å². The van der Waals surface area contributed by atoms with Crippen molar-refractivity contribution in [3.05, 3.63) is 36.2 Å². The number of rotatable bonds is 7. The molecule has 0 spiro atoms.